The summed E-state index contributed by atoms with van der Waals surface area (Å²) in [7, 11) is 1.26. The summed E-state index contributed by atoms with van der Waals surface area (Å²) in [5.41, 5.74) is 0.542. The Morgan fingerprint density at radius 1 is 1.33 bits per heavy atom. The van der Waals surface area contributed by atoms with Crippen LogP contribution in [-0.4, -0.2) is 23.2 Å². The van der Waals surface area contributed by atoms with Crippen LogP contribution in [0.4, 0.5) is 20.7 Å². The third-order valence-corrected chi connectivity index (χ3v) is 4.14. The molecule has 0 saturated heterocycles. The Hall–Kier alpha value is -3.13. The van der Waals surface area contributed by atoms with Gasteiger partial charge in [0, 0.05) is 33.9 Å². The maximum atomic E-state index is 14.0. The first-order chi connectivity index (χ1) is 12.9. The van der Waals surface area contributed by atoms with Gasteiger partial charge < -0.3 is 15.0 Å². The van der Waals surface area contributed by atoms with E-state index in [4.69, 9.17) is 11.6 Å². The maximum absolute atomic E-state index is 14.0. The van der Waals surface area contributed by atoms with Crippen LogP contribution in [0.3, 0.4) is 0 Å². The number of hydrogen-bond donors (Lipinski definition) is 3. The molecule has 2 aromatic heterocycles. The number of H-pyrrole nitrogens is 1. The summed E-state index contributed by atoms with van der Waals surface area (Å²) in [6.45, 7) is 1.76. The third-order valence-electron chi connectivity index (χ3n) is 3.92. The molecular formula is C18H16ClFN4O3. The molecular weight excluding hydrogens is 375 g/mol. The Kier molecular flexibility index (Phi) is 5.27. The molecule has 0 bridgehead atoms. The summed E-state index contributed by atoms with van der Waals surface area (Å²) in [6.07, 6.45) is 0.894. The van der Waals surface area contributed by atoms with E-state index in [1.807, 2.05) is 0 Å². The van der Waals surface area contributed by atoms with Crippen LogP contribution in [-0.2, 0) is 4.74 Å². The number of nitrogens with one attached hydrogen (secondary N) is 3. The molecule has 0 saturated carbocycles. The number of carbonyl (C=O) groups excluding carboxylic acids is 1. The van der Waals surface area contributed by atoms with E-state index >= 15 is 0 Å². The molecule has 0 aliphatic rings. The summed E-state index contributed by atoms with van der Waals surface area (Å²) in [4.78, 5) is 30.4. The highest BCUT2D eigenvalue weighted by Crippen LogP contribution is 2.24. The van der Waals surface area contributed by atoms with Crippen molar-refractivity contribution in [1.82, 2.24) is 9.97 Å². The number of aromatic nitrogens is 2. The summed E-state index contributed by atoms with van der Waals surface area (Å²) < 4.78 is 18.5. The number of nitrogens with zero attached hydrogens (tertiary/aromatic N) is 1. The van der Waals surface area contributed by atoms with Gasteiger partial charge in [0.1, 0.15) is 11.6 Å². The fraction of sp³-hybridized carbons (Fsp3) is 0.167. The Balaban J connectivity index is 1.89. The molecule has 0 unspecified atom stereocenters. The lowest BCUT2D eigenvalue weighted by Gasteiger charge is -2.15. The number of methoxy groups -OCH3 is 1. The second-order valence-corrected chi connectivity index (χ2v) is 6.25. The monoisotopic (exact) mass is 390 g/mol. The van der Waals surface area contributed by atoms with Crippen LogP contribution in [0.15, 0.2) is 41.3 Å². The van der Waals surface area contributed by atoms with E-state index in [9.17, 15) is 14.0 Å². The Morgan fingerprint density at radius 3 is 2.85 bits per heavy atom. The summed E-state index contributed by atoms with van der Waals surface area (Å²) in [5, 5.41) is 6.32. The molecule has 3 N–H and O–H groups in total. The van der Waals surface area contributed by atoms with Gasteiger partial charge in [-0.3, -0.25) is 10.1 Å². The molecule has 3 rings (SSSR count). The summed E-state index contributed by atoms with van der Waals surface area (Å²) in [6, 6.07) is 7.05. The molecule has 2 heterocycles. The number of aromatic amines is 1. The zero-order valence-corrected chi connectivity index (χ0v) is 15.2. The van der Waals surface area contributed by atoms with Crippen LogP contribution in [0, 0.1) is 5.82 Å². The quantitative estimate of drug-likeness (QED) is 0.624. The molecule has 1 amide bonds. The SMILES string of the molecule is COC(=O)Nc1ccnc(N[C@@H](C)c2cc3cc(Cl)cc(F)c3[nH]c2=O)c1. The standard InChI is InChI=1S/C18H16ClFN4O3/c1-9(22-15-8-12(3-4-21-15)23-18(26)27-2)13-6-10-5-11(19)7-14(20)16(10)24-17(13)25/h3-9H,1-2H3,(H,24,25)(H2,21,22,23,26)/t9-/m0/s1. The van der Waals surface area contributed by atoms with Gasteiger partial charge in [0.2, 0.25) is 0 Å². The Morgan fingerprint density at radius 2 is 2.11 bits per heavy atom. The highest BCUT2D eigenvalue weighted by atomic mass is 35.5. The van der Waals surface area contributed by atoms with E-state index in [1.165, 1.54) is 13.3 Å². The molecule has 1 aromatic carbocycles. The zero-order valence-electron chi connectivity index (χ0n) is 14.5. The van der Waals surface area contributed by atoms with Crippen molar-refractivity contribution < 1.29 is 13.9 Å². The van der Waals surface area contributed by atoms with E-state index < -0.39 is 23.5 Å². The third kappa shape index (κ3) is 4.17. The molecule has 0 aliphatic heterocycles. The summed E-state index contributed by atoms with van der Waals surface area (Å²) in [5.74, 6) is -0.154. The van der Waals surface area contributed by atoms with Crippen LogP contribution >= 0.6 is 11.6 Å². The van der Waals surface area contributed by atoms with Gasteiger partial charge in [-0.1, -0.05) is 11.6 Å². The second-order valence-electron chi connectivity index (χ2n) is 5.82. The molecule has 1 atom stereocenters. The number of halogens is 2. The first kappa shape index (κ1) is 18.7. The number of anilines is 2. The predicted molar refractivity (Wildman–Crippen MR) is 102 cm³/mol. The first-order valence-electron chi connectivity index (χ1n) is 7.97. The molecule has 9 heteroatoms. The molecule has 0 fully saturated rings. The zero-order chi connectivity index (χ0) is 19.6. The lowest BCUT2D eigenvalue weighted by molar-refractivity contribution is 0.187. The topological polar surface area (TPSA) is 96.1 Å². The largest absolute Gasteiger partial charge is 0.453 e. The van der Waals surface area contributed by atoms with Crippen LogP contribution in [0.1, 0.15) is 18.5 Å². The van der Waals surface area contributed by atoms with Gasteiger partial charge in [-0.2, -0.15) is 0 Å². The average molecular weight is 391 g/mol. The fourth-order valence-electron chi connectivity index (χ4n) is 2.64. The minimum atomic E-state index is -0.606. The van der Waals surface area contributed by atoms with Gasteiger partial charge in [-0.05, 0) is 31.2 Å². The Labute approximate surface area is 158 Å². The van der Waals surface area contributed by atoms with E-state index in [0.717, 1.165) is 6.07 Å². The van der Waals surface area contributed by atoms with Crippen molar-refractivity contribution in [2.24, 2.45) is 0 Å². The van der Waals surface area contributed by atoms with Crippen molar-refractivity contribution in [3.8, 4) is 0 Å². The summed E-state index contributed by atoms with van der Waals surface area (Å²) >= 11 is 5.89. The van der Waals surface area contributed by atoms with Gasteiger partial charge in [-0.25, -0.2) is 14.2 Å². The molecule has 0 radical (unpaired) electrons. The number of pyridine rings is 2. The number of carbonyl (C=O) groups is 1. The van der Waals surface area contributed by atoms with Crippen LogP contribution in [0.2, 0.25) is 5.02 Å². The van der Waals surface area contributed by atoms with Gasteiger partial charge >= 0.3 is 6.09 Å². The normalized spacial score (nSPS) is 11.9. The average Bonchev–Trinajstić information content (AvgIpc) is 2.62. The molecule has 7 nitrogen and oxygen atoms in total. The molecule has 0 aliphatic carbocycles. The van der Waals surface area contributed by atoms with Crippen molar-refractivity contribution in [2.45, 2.75) is 13.0 Å². The fourth-order valence-corrected chi connectivity index (χ4v) is 2.85. The smallest absolute Gasteiger partial charge is 0.411 e. The van der Waals surface area contributed by atoms with E-state index in [-0.39, 0.29) is 10.5 Å². The number of fused-ring (bicyclic) bond motifs is 1. The van der Waals surface area contributed by atoms with Gasteiger partial charge in [0.25, 0.3) is 5.56 Å². The van der Waals surface area contributed by atoms with E-state index in [0.29, 0.717) is 22.5 Å². The number of rotatable bonds is 4. The van der Waals surface area contributed by atoms with Crippen LogP contribution in [0.5, 0.6) is 0 Å². The van der Waals surface area contributed by atoms with Crippen LogP contribution in [0.25, 0.3) is 10.9 Å². The van der Waals surface area contributed by atoms with Crippen molar-refractivity contribution >= 4 is 40.1 Å². The first-order valence-corrected chi connectivity index (χ1v) is 8.34. The number of hydrogen-bond acceptors (Lipinski definition) is 5. The minimum Gasteiger partial charge on any atom is -0.453 e. The van der Waals surface area contributed by atoms with Crippen molar-refractivity contribution in [1.29, 1.82) is 0 Å². The van der Waals surface area contributed by atoms with Gasteiger partial charge in [0.05, 0.1) is 18.7 Å². The van der Waals surface area contributed by atoms with Crippen LogP contribution < -0.4 is 16.2 Å². The molecule has 140 valence electrons. The molecule has 3 aromatic rings. The number of ether oxygens (including phenoxy) is 1. The van der Waals surface area contributed by atoms with E-state index in [1.54, 1.807) is 31.2 Å². The maximum Gasteiger partial charge on any atom is 0.411 e. The number of amides is 1. The van der Waals surface area contributed by atoms with Gasteiger partial charge in [0.15, 0.2) is 0 Å². The minimum absolute atomic E-state index is 0.0998. The second kappa shape index (κ2) is 7.63. The van der Waals surface area contributed by atoms with Crippen molar-refractivity contribution in [2.75, 3.05) is 17.7 Å². The lowest BCUT2D eigenvalue weighted by atomic mass is 10.1. The lowest BCUT2D eigenvalue weighted by Crippen LogP contribution is -2.20. The van der Waals surface area contributed by atoms with E-state index in [2.05, 4.69) is 25.3 Å². The van der Waals surface area contributed by atoms with Gasteiger partial charge in [-0.15, -0.1) is 0 Å². The molecule has 27 heavy (non-hydrogen) atoms. The highest BCUT2D eigenvalue weighted by molar-refractivity contribution is 6.31. The highest BCUT2D eigenvalue weighted by Gasteiger charge is 2.14. The van der Waals surface area contributed by atoms with Crippen molar-refractivity contribution in [3.05, 3.63) is 63.3 Å². The predicted octanol–water partition coefficient (Wildman–Crippen LogP) is 4.07. The number of benzene rings is 1. The Bertz CT molecular complexity index is 1070. The van der Waals surface area contributed by atoms with Crippen molar-refractivity contribution in [3.63, 3.8) is 0 Å². The molecule has 0 spiro atoms.